The number of rotatable bonds is 6. The lowest BCUT2D eigenvalue weighted by atomic mass is 10.2. The second kappa shape index (κ2) is 8.39. The van der Waals surface area contributed by atoms with E-state index in [9.17, 15) is 4.79 Å². The summed E-state index contributed by atoms with van der Waals surface area (Å²) in [5.74, 6) is 6.22. The number of ether oxygens (including phenoxy) is 1. The number of esters is 1. The van der Waals surface area contributed by atoms with Crippen LogP contribution in [0.1, 0.15) is 26.3 Å². The minimum atomic E-state index is -0.141. The van der Waals surface area contributed by atoms with Crippen molar-refractivity contribution in [2.45, 2.75) is 20.8 Å². The molecule has 0 heterocycles. The first-order valence-corrected chi connectivity index (χ1v) is 7.20. The molecule has 0 bridgehead atoms. The maximum Gasteiger partial charge on any atom is 0.361 e. The van der Waals surface area contributed by atoms with Crippen molar-refractivity contribution in [1.82, 2.24) is 0 Å². The molecule has 1 aromatic rings. The van der Waals surface area contributed by atoms with E-state index < -0.39 is 0 Å². The fraction of sp³-hybridized carbons (Fsp3) is 0.471. The van der Waals surface area contributed by atoms with Gasteiger partial charge in [0.15, 0.2) is 6.54 Å². The van der Waals surface area contributed by atoms with Gasteiger partial charge in [-0.3, -0.25) is 0 Å². The number of hydrogen-bond acceptors (Lipinski definition) is 2. The second-order valence-corrected chi connectivity index (χ2v) is 4.76. The zero-order valence-corrected chi connectivity index (χ0v) is 12.7. The van der Waals surface area contributed by atoms with Crippen LogP contribution >= 0.6 is 0 Å². The monoisotopic (exact) mass is 274 g/mol. The first-order chi connectivity index (χ1) is 9.65. The van der Waals surface area contributed by atoms with Gasteiger partial charge in [-0.15, -0.1) is 0 Å². The van der Waals surface area contributed by atoms with Gasteiger partial charge in [0.25, 0.3) is 0 Å². The Morgan fingerprint density at radius 3 is 2.35 bits per heavy atom. The normalized spacial score (nSPS) is 10.6. The average molecular weight is 274 g/mol. The number of benzene rings is 1. The highest BCUT2D eigenvalue weighted by molar-refractivity contribution is 5.70. The van der Waals surface area contributed by atoms with E-state index in [0.29, 0.717) is 24.2 Å². The van der Waals surface area contributed by atoms with Gasteiger partial charge in [-0.25, -0.2) is 4.79 Å². The largest absolute Gasteiger partial charge is 0.462 e. The fourth-order valence-electron chi connectivity index (χ4n) is 2.04. The van der Waals surface area contributed by atoms with E-state index in [2.05, 4.69) is 25.7 Å². The van der Waals surface area contributed by atoms with Crippen molar-refractivity contribution in [3.05, 3.63) is 35.9 Å². The molecule has 0 N–H and O–H groups in total. The predicted molar refractivity (Wildman–Crippen MR) is 81.0 cm³/mol. The first kappa shape index (κ1) is 16.3. The molecular formula is C17H24NO2+. The SMILES string of the molecule is CCOC(=O)C[N+](CC)(CC)CC#Cc1ccccc1. The Balaban J connectivity index is 2.72. The third kappa shape index (κ3) is 5.07. The van der Waals surface area contributed by atoms with E-state index in [-0.39, 0.29) is 5.97 Å². The van der Waals surface area contributed by atoms with Crippen molar-refractivity contribution >= 4 is 5.97 Å². The lowest BCUT2D eigenvalue weighted by molar-refractivity contribution is -0.911. The summed E-state index contributed by atoms with van der Waals surface area (Å²) in [5.41, 5.74) is 1.01. The van der Waals surface area contributed by atoms with E-state index in [1.807, 2.05) is 37.3 Å². The van der Waals surface area contributed by atoms with Crippen molar-refractivity contribution < 1.29 is 14.0 Å². The third-order valence-electron chi connectivity index (χ3n) is 3.53. The average Bonchev–Trinajstić information content (AvgIpc) is 2.47. The summed E-state index contributed by atoms with van der Waals surface area (Å²) in [6.45, 7) is 9.25. The highest BCUT2D eigenvalue weighted by Gasteiger charge is 2.26. The Labute approximate surface area is 122 Å². The highest BCUT2D eigenvalue weighted by atomic mass is 16.5. The molecule has 108 valence electrons. The lowest BCUT2D eigenvalue weighted by Gasteiger charge is -2.33. The minimum absolute atomic E-state index is 0.141. The summed E-state index contributed by atoms with van der Waals surface area (Å²) in [7, 11) is 0. The van der Waals surface area contributed by atoms with Gasteiger partial charge in [0, 0.05) is 5.56 Å². The first-order valence-electron chi connectivity index (χ1n) is 7.20. The van der Waals surface area contributed by atoms with Crippen molar-refractivity contribution in [2.24, 2.45) is 0 Å². The topological polar surface area (TPSA) is 26.3 Å². The summed E-state index contributed by atoms with van der Waals surface area (Å²) in [4.78, 5) is 11.7. The van der Waals surface area contributed by atoms with Crippen molar-refractivity contribution in [2.75, 3.05) is 32.8 Å². The predicted octanol–water partition coefficient (Wildman–Crippen LogP) is 2.46. The molecule has 0 aliphatic heterocycles. The van der Waals surface area contributed by atoms with Crippen molar-refractivity contribution in [3.63, 3.8) is 0 Å². The molecule has 0 unspecified atom stereocenters. The van der Waals surface area contributed by atoms with Gasteiger partial charge in [0.05, 0.1) is 19.7 Å². The van der Waals surface area contributed by atoms with Crippen LogP contribution in [0.2, 0.25) is 0 Å². The summed E-state index contributed by atoms with van der Waals surface area (Å²) < 4.78 is 5.71. The molecule has 0 spiro atoms. The molecule has 0 fully saturated rings. The molecule has 0 atom stereocenters. The molecule has 1 rings (SSSR count). The smallest absolute Gasteiger partial charge is 0.361 e. The fourth-order valence-corrected chi connectivity index (χ4v) is 2.04. The molecule has 0 aromatic heterocycles. The Kier molecular flexibility index (Phi) is 6.83. The Morgan fingerprint density at radius 1 is 1.15 bits per heavy atom. The van der Waals surface area contributed by atoms with Gasteiger partial charge in [-0.1, -0.05) is 24.1 Å². The molecule has 1 aromatic carbocycles. The number of carbonyl (C=O) groups is 1. The molecule has 20 heavy (non-hydrogen) atoms. The van der Waals surface area contributed by atoms with Crippen molar-refractivity contribution in [1.29, 1.82) is 0 Å². The van der Waals surface area contributed by atoms with Crippen LogP contribution in [0.3, 0.4) is 0 Å². The minimum Gasteiger partial charge on any atom is -0.462 e. The molecule has 0 saturated carbocycles. The van der Waals surface area contributed by atoms with Crippen LogP contribution in [0.15, 0.2) is 30.3 Å². The molecular weight excluding hydrogens is 250 g/mol. The van der Waals surface area contributed by atoms with E-state index >= 15 is 0 Å². The standard InChI is InChI=1S/C17H24NO2/c1-4-18(5-2,15-17(19)20-6-3)14-10-13-16-11-8-7-9-12-16/h7-9,11-12H,4-6,14-15H2,1-3H3/q+1. The Morgan fingerprint density at radius 2 is 1.80 bits per heavy atom. The molecule has 0 saturated heterocycles. The van der Waals surface area contributed by atoms with Gasteiger partial charge < -0.3 is 9.22 Å². The summed E-state index contributed by atoms with van der Waals surface area (Å²) in [5, 5.41) is 0. The third-order valence-corrected chi connectivity index (χ3v) is 3.53. The molecule has 0 aliphatic rings. The zero-order valence-electron chi connectivity index (χ0n) is 12.7. The van der Waals surface area contributed by atoms with Crippen LogP contribution in [0.25, 0.3) is 0 Å². The van der Waals surface area contributed by atoms with Crippen LogP contribution in [-0.4, -0.2) is 43.2 Å². The van der Waals surface area contributed by atoms with Gasteiger partial charge in [-0.05, 0) is 38.8 Å². The summed E-state index contributed by atoms with van der Waals surface area (Å²) in [6, 6.07) is 9.91. The number of hydrogen-bond donors (Lipinski definition) is 0. The van der Waals surface area contributed by atoms with E-state index in [1.54, 1.807) is 0 Å². The van der Waals surface area contributed by atoms with Gasteiger partial charge in [-0.2, -0.15) is 0 Å². The maximum atomic E-state index is 11.7. The van der Waals surface area contributed by atoms with Crippen LogP contribution < -0.4 is 0 Å². The molecule has 3 heteroatoms. The van der Waals surface area contributed by atoms with E-state index in [0.717, 1.165) is 18.7 Å². The van der Waals surface area contributed by atoms with E-state index in [4.69, 9.17) is 4.74 Å². The highest BCUT2D eigenvalue weighted by Crippen LogP contribution is 2.06. The molecule has 0 radical (unpaired) electrons. The van der Waals surface area contributed by atoms with Crippen LogP contribution in [0.5, 0.6) is 0 Å². The summed E-state index contributed by atoms with van der Waals surface area (Å²) >= 11 is 0. The Bertz CT molecular complexity index is 467. The maximum absolute atomic E-state index is 11.7. The van der Waals surface area contributed by atoms with Gasteiger partial charge in [0.2, 0.25) is 0 Å². The lowest BCUT2D eigenvalue weighted by Crippen LogP contribution is -2.51. The second-order valence-electron chi connectivity index (χ2n) is 4.76. The van der Waals surface area contributed by atoms with Crippen molar-refractivity contribution in [3.8, 4) is 11.8 Å². The molecule has 3 nitrogen and oxygen atoms in total. The number of carbonyl (C=O) groups excluding carboxylic acids is 1. The zero-order chi connectivity index (χ0) is 14.8. The molecule has 0 aliphatic carbocycles. The van der Waals surface area contributed by atoms with E-state index in [1.165, 1.54) is 0 Å². The van der Waals surface area contributed by atoms with Gasteiger partial charge >= 0.3 is 5.97 Å². The van der Waals surface area contributed by atoms with Gasteiger partial charge in [0.1, 0.15) is 6.54 Å². The molecule has 0 amide bonds. The number of nitrogens with zero attached hydrogens (tertiary/aromatic N) is 1. The van der Waals surface area contributed by atoms with Crippen LogP contribution in [0.4, 0.5) is 0 Å². The Hall–Kier alpha value is -1.79. The van der Waals surface area contributed by atoms with Crippen LogP contribution in [-0.2, 0) is 9.53 Å². The number of likely N-dealkylation sites (N-methyl/N-ethyl adjacent to an activating group) is 1. The quantitative estimate of drug-likeness (QED) is 0.452. The number of quaternary nitrogens is 1. The summed E-state index contributed by atoms with van der Waals surface area (Å²) in [6.07, 6.45) is 0. The van der Waals surface area contributed by atoms with Crippen LogP contribution in [0, 0.1) is 11.8 Å².